The molecular formula is C15H20N4O2S2. The lowest BCUT2D eigenvalue weighted by Gasteiger charge is -2.25. The van der Waals surface area contributed by atoms with Crippen LogP contribution < -0.4 is 9.64 Å². The molecule has 0 amide bonds. The van der Waals surface area contributed by atoms with E-state index in [-0.39, 0.29) is 0 Å². The van der Waals surface area contributed by atoms with Crippen LogP contribution in [0.1, 0.15) is 16.8 Å². The lowest BCUT2D eigenvalue weighted by Crippen LogP contribution is -2.36. The second-order valence-corrected chi connectivity index (χ2v) is 7.46. The maximum absolute atomic E-state index is 5.46. The topological polar surface area (TPSA) is 60.4 Å². The van der Waals surface area contributed by atoms with E-state index in [1.165, 1.54) is 0 Å². The highest BCUT2D eigenvalue weighted by atomic mass is 32.2. The maximum atomic E-state index is 5.46. The summed E-state index contributed by atoms with van der Waals surface area (Å²) >= 11 is 3.30. The first-order chi connectivity index (χ1) is 11.2. The number of ether oxygens (including phenoxy) is 2. The first-order valence-electron chi connectivity index (χ1n) is 7.47. The molecule has 1 aliphatic rings. The number of methoxy groups -OCH3 is 1. The van der Waals surface area contributed by atoms with Gasteiger partial charge in [-0.05, 0) is 13.8 Å². The SMILES string of the molecule is COc1c(C)cnc(CSc2nnc(N3CCOCC3)s2)c1C. The zero-order valence-corrected chi connectivity index (χ0v) is 15.2. The Balaban J connectivity index is 1.66. The first kappa shape index (κ1) is 16.5. The van der Waals surface area contributed by atoms with Crippen molar-refractivity contribution in [1.29, 1.82) is 0 Å². The third-order valence-corrected chi connectivity index (χ3v) is 5.89. The maximum Gasteiger partial charge on any atom is 0.209 e. The van der Waals surface area contributed by atoms with Crippen LogP contribution in [0.4, 0.5) is 5.13 Å². The van der Waals surface area contributed by atoms with Gasteiger partial charge in [-0.3, -0.25) is 4.98 Å². The molecule has 0 saturated carbocycles. The second-order valence-electron chi connectivity index (χ2n) is 5.28. The van der Waals surface area contributed by atoms with Gasteiger partial charge in [0.15, 0.2) is 4.34 Å². The molecule has 6 nitrogen and oxygen atoms in total. The third kappa shape index (κ3) is 3.76. The third-order valence-electron chi connectivity index (χ3n) is 3.76. The quantitative estimate of drug-likeness (QED) is 0.767. The summed E-state index contributed by atoms with van der Waals surface area (Å²) in [4.78, 5) is 6.75. The van der Waals surface area contributed by atoms with Crippen molar-refractivity contribution in [3.63, 3.8) is 0 Å². The monoisotopic (exact) mass is 352 g/mol. The molecule has 124 valence electrons. The summed E-state index contributed by atoms with van der Waals surface area (Å²) in [7, 11) is 1.70. The number of hydrogen-bond acceptors (Lipinski definition) is 8. The first-order valence-corrected chi connectivity index (χ1v) is 9.27. The van der Waals surface area contributed by atoms with Crippen LogP contribution in [-0.4, -0.2) is 48.6 Å². The minimum Gasteiger partial charge on any atom is -0.496 e. The van der Waals surface area contributed by atoms with E-state index in [0.717, 1.165) is 64.1 Å². The molecular weight excluding hydrogens is 332 g/mol. The van der Waals surface area contributed by atoms with Gasteiger partial charge in [0.1, 0.15) is 5.75 Å². The standard InChI is InChI=1S/C15H20N4O2S2/c1-10-8-16-12(11(2)13(10)20-3)9-22-15-18-17-14(23-15)19-4-6-21-7-5-19/h8H,4-7,9H2,1-3H3. The van der Waals surface area contributed by atoms with Gasteiger partial charge in [0.25, 0.3) is 0 Å². The van der Waals surface area contributed by atoms with Gasteiger partial charge in [0.2, 0.25) is 5.13 Å². The summed E-state index contributed by atoms with van der Waals surface area (Å²) in [5.41, 5.74) is 3.18. The number of hydrogen-bond donors (Lipinski definition) is 0. The number of nitrogens with zero attached hydrogens (tertiary/aromatic N) is 4. The predicted molar refractivity (Wildman–Crippen MR) is 92.8 cm³/mol. The summed E-state index contributed by atoms with van der Waals surface area (Å²) in [6, 6.07) is 0. The Morgan fingerprint density at radius 3 is 2.83 bits per heavy atom. The molecule has 1 fully saturated rings. The van der Waals surface area contributed by atoms with Crippen molar-refractivity contribution in [1.82, 2.24) is 15.2 Å². The summed E-state index contributed by atoms with van der Waals surface area (Å²) in [6.45, 7) is 7.34. The molecule has 1 aliphatic heterocycles. The molecule has 0 aromatic carbocycles. The van der Waals surface area contributed by atoms with Crippen molar-refractivity contribution in [3.05, 3.63) is 23.0 Å². The highest BCUT2D eigenvalue weighted by molar-refractivity contribution is 8.00. The summed E-state index contributed by atoms with van der Waals surface area (Å²) in [5, 5.41) is 9.56. The number of anilines is 1. The molecule has 0 spiro atoms. The summed E-state index contributed by atoms with van der Waals surface area (Å²) in [5.74, 6) is 1.68. The number of aryl methyl sites for hydroxylation is 1. The normalized spacial score (nSPS) is 15.0. The van der Waals surface area contributed by atoms with Crippen molar-refractivity contribution in [2.45, 2.75) is 23.9 Å². The van der Waals surface area contributed by atoms with Crippen molar-refractivity contribution >= 4 is 28.2 Å². The molecule has 0 bridgehead atoms. The van der Waals surface area contributed by atoms with E-state index in [1.54, 1.807) is 30.2 Å². The number of rotatable bonds is 5. The Morgan fingerprint density at radius 1 is 1.30 bits per heavy atom. The smallest absolute Gasteiger partial charge is 0.209 e. The van der Waals surface area contributed by atoms with E-state index in [0.29, 0.717) is 0 Å². The van der Waals surface area contributed by atoms with Gasteiger partial charge >= 0.3 is 0 Å². The molecule has 3 rings (SSSR count). The van der Waals surface area contributed by atoms with Crippen LogP contribution >= 0.6 is 23.1 Å². The Labute approximate surface area is 144 Å². The zero-order valence-electron chi connectivity index (χ0n) is 13.5. The van der Waals surface area contributed by atoms with Gasteiger partial charge in [0, 0.05) is 36.2 Å². The van der Waals surface area contributed by atoms with Crippen LogP contribution in [0.3, 0.4) is 0 Å². The molecule has 0 unspecified atom stereocenters. The van der Waals surface area contributed by atoms with Crippen molar-refractivity contribution in [3.8, 4) is 5.75 Å². The predicted octanol–water partition coefficient (Wildman–Crippen LogP) is 2.69. The highest BCUT2D eigenvalue weighted by Gasteiger charge is 2.16. The van der Waals surface area contributed by atoms with Crippen molar-refractivity contribution in [2.75, 3.05) is 38.3 Å². The van der Waals surface area contributed by atoms with Crippen LogP contribution in [-0.2, 0) is 10.5 Å². The zero-order chi connectivity index (χ0) is 16.2. The van der Waals surface area contributed by atoms with Crippen LogP contribution in [0.25, 0.3) is 0 Å². The minimum absolute atomic E-state index is 0.758. The summed E-state index contributed by atoms with van der Waals surface area (Å²) in [6.07, 6.45) is 1.86. The second kappa shape index (κ2) is 7.46. The largest absolute Gasteiger partial charge is 0.496 e. The lowest BCUT2D eigenvalue weighted by molar-refractivity contribution is 0.122. The average molecular weight is 352 g/mol. The molecule has 8 heteroatoms. The number of morpholine rings is 1. The van der Waals surface area contributed by atoms with Crippen LogP contribution in [0.15, 0.2) is 10.5 Å². The molecule has 2 aromatic rings. The Bertz CT molecular complexity index is 671. The van der Waals surface area contributed by atoms with Crippen LogP contribution in [0, 0.1) is 13.8 Å². The van der Waals surface area contributed by atoms with E-state index in [4.69, 9.17) is 9.47 Å². The van der Waals surface area contributed by atoms with Gasteiger partial charge in [-0.15, -0.1) is 10.2 Å². The minimum atomic E-state index is 0.758. The molecule has 2 aromatic heterocycles. The van der Waals surface area contributed by atoms with Gasteiger partial charge in [-0.25, -0.2) is 0 Å². The number of aromatic nitrogens is 3. The molecule has 0 N–H and O–H groups in total. The van der Waals surface area contributed by atoms with Crippen molar-refractivity contribution < 1.29 is 9.47 Å². The lowest BCUT2D eigenvalue weighted by atomic mass is 10.1. The van der Waals surface area contributed by atoms with E-state index >= 15 is 0 Å². The van der Waals surface area contributed by atoms with Crippen LogP contribution in [0.2, 0.25) is 0 Å². The highest BCUT2D eigenvalue weighted by Crippen LogP contribution is 2.32. The van der Waals surface area contributed by atoms with Crippen molar-refractivity contribution in [2.24, 2.45) is 0 Å². The van der Waals surface area contributed by atoms with E-state index in [2.05, 4.69) is 20.1 Å². The average Bonchev–Trinajstić information content (AvgIpc) is 3.04. The fourth-order valence-electron chi connectivity index (χ4n) is 2.49. The molecule has 0 atom stereocenters. The van der Waals surface area contributed by atoms with E-state index in [9.17, 15) is 0 Å². The molecule has 3 heterocycles. The fourth-order valence-corrected chi connectivity index (χ4v) is 4.41. The number of thioether (sulfide) groups is 1. The molecule has 23 heavy (non-hydrogen) atoms. The van der Waals surface area contributed by atoms with Crippen LogP contribution in [0.5, 0.6) is 5.75 Å². The van der Waals surface area contributed by atoms with Gasteiger partial charge in [-0.2, -0.15) is 0 Å². The summed E-state index contributed by atoms with van der Waals surface area (Å²) < 4.78 is 11.8. The molecule has 0 radical (unpaired) electrons. The van der Waals surface area contributed by atoms with E-state index in [1.807, 2.05) is 20.0 Å². The Kier molecular flexibility index (Phi) is 5.34. The molecule has 1 saturated heterocycles. The van der Waals surface area contributed by atoms with Gasteiger partial charge in [0.05, 0.1) is 26.0 Å². The fraction of sp³-hybridized carbons (Fsp3) is 0.533. The van der Waals surface area contributed by atoms with Gasteiger partial charge in [-0.1, -0.05) is 23.1 Å². The molecule has 0 aliphatic carbocycles. The Morgan fingerprint density at radius 2 is 2.09 bits per heavy atom. The number of pyridine rings is 1. The Hall–Kier alpha value is -1.38. The van der Waals surface area contributed by atoms with Gasteiger partial charge < -0.3 is 14.4 Å². The van der Waals surface area contributed by atoms with E-state index < -0.39 is 0 Å².